The number of ether oxygens (including phenoxy) is 1. The van der Waals surface area contributed by atoms with Gasteiger partial charge in [-0.15, -0.1) is 0 Å². The molecule has 0 fully saturated rings. The molecule has 0 aliphatic heterocycles. The van der Waals surface area contributed by atoms with Gasteiger partial charge >= 0.3 is 0 Å². The van der Waals surface area contributed by atoms with Crippen LogP contribution in [0.1, 0.15) is 18.1 Å². The van der Waals surface area contributed by atoms with Crippen LogP contribution in [-0.2, 0) is 17.9 Å². The van der Waals surface area contributed by atoms with E-state index in [1.807, 2.05) is 36.4 Å². The Morgan fingerprint density at radius 3 is 2.86 bits per heavy atom. The van der Waals surface area contributed by atoms with Gasteiger partial charge in [-0.2, -0.15) is 0 Å². The van der Waals surface area contributed by atoms with Gasteiger partial charge in [-0.25, -0.2) is 0 Å². The first-order valence-corrected chi connectivity index (χ1v) is 6.78. The molecular formula is C16H19N3O2. The van der Waals surface area contributed by atoms with Crippen LogP contribution in [0.2, 0.25) is 0 Å². The lowest BCUT2D eigenvalue weighted by Crippen LogP contribution is -2.38. The fraction of sp³-hybridized carbons (Fsp3) is 0.250. The van der Waals surface area contributed by atoms with Gasteiger partial charge in [0, 0.05) is 12.7 Å². The molecule has 0 saturated heterocycles. The third-order valence-electron chi connectivity index (χ3n) is 3.07. The van der Waals surface area contributed by atoms with E-state index in [0.29, 0.717) is 13.2 Å². The molecule has 3 N–H and O–H groups in total. The molecule has 1 amide bonds. The molecule has 2 aromatic rings. The summed E-state index contributed by atoms with van der Waals surface area (Å²) in [7, 11) is 0. The Labute approximate surface area is 124 Å². The summed E-state index contributed by atoms with van der Waals surface area (Å²) in [4.78, 5) is 15.0. The number of benzene rings is 1. The molecule has 0 aliphatic carbocycles. The molecule has 5 nitrogen and oxygen atoms in total. The zero-order chi connectivity index (χ0) is 15.1. The average Bonchev–Trinajstić information content (AvgIpc) is 2.52. The van der Waals surface area contributed by atoms with Crippen molar-refractivity contribution in [1.82, 2.24) is 10.3 Å². The minimum absolute atomic E-state index is 0.347. The number of nitrogens with zero attached hydrogens (tertiary/aromatic N) is 1. The zero-order valence-corrected chi connectivity index (χ0v) is 12.0. The van der Waals surface area contributed by atoms with Gasteiger partial charge in [0.05, 0.1) is 12.2 Å². The summed E-state index contributed by atoms with van der Waals surface area (Å²) in [5.74, 6) is 0.384. The van der Waals surface area contributed by atoms with Crippen molar-refractivity contribution < 1.29 is 9.53 Å². The van der Waals surface area contributed by atoms with Gasteiger partial charge in [-0.1, -0.05) is 24.3 Å². The molecule has 1 aromatic heterocycles. The van der Waals surface area contributed by atoms with Gasteiger partial charge in [-0.05, 0) is 30.2 Å². The Balaban J connectivity index is 1.90. The van der Waals surface area contributed by atoms with Crippen LogP contribution in [0.5, 0.6) is 5.75 Å². The topological polar surface area (TPSA) is 77.2 Å². The predicted molar refractivity (Wildman–Crippen MR) is 80.5 cm³/mol. The molecule has 21 heavy (non-hydrogen) atoms. The summed E-state index contributed by atoms with van der Waals surface area (Å²) >= 11 is 0. The van der Waals surface area contributed by atoms with Crippen molar-refractivity contribution in [2.45, 2.75) is 26.1 Å². The summed E-state index contributed by atoms with van der Waals surface area (Å²) in [5, 5.41) is 3.07. The second-order valence-electron chi connectivity index (χ2n) is 4.80. The number of hydrogen-bond donors (Lipinski definition) is 2. The Morgan fingerprint density at radius 1 is 1.33 bits per heavy atom. The van der Waals surface area contributed by atoms with Crippen LogP contribution in [0.15, 0.2) is 48.8 Å². The summed E-state index contributed by atoms with van der Waals surface area (Å²) in [5.41, 5.74) is 7.35. The van der Waals surface area contributed by atoms with Crippen LogP contribution >= 0.6 is 0 Å². The lowest BCUT2D eigenvalue weighted by molar-refractivity contribution is -0.119. The third-order valence-corrected chi connectivity index (χ3v) is 3.07. The molecule has 0 aliphatic rings. The van der Waals surface area contributed by atoms with E-state index in [0.717, 1.165) is 16.9 Å². The lowest BCUT2D eigenvalue weighted by Gasteiger charge is -2.11. The van der Waals surface area contributed by atoms with Gasteiger partial charge in [-0.3, -0.25) is 9.78 Å². The smallest absolute Gasteiger partial charge is 0.234 e. The summed E-state index contributed by atoms with van der Waals surface area (Å²) in [6, 6.07) is 11.4. The van der Waals surface area contributed by atoms with E-state index >= 15 is 0 Å². The zero-order valence-electron chi connectivity index (χ0n) is 12.0. The van der Waals surface area contributed by atoms with E-state index < -0.39 is 0 Å². The maximum Gasteiger partial charge on any atom is 0.234 e. The molecule has 2 rings (SSSR count). The Hall–Kier alpha value is -2.40. The largest absolute Gasteiger partial charge is 0.487 e. The molecule has 1 aromatic carbocycles. The Kier molecular flexibility index (Phi) is 5.29. The quantitative estimate of drug-likeness (QED) is 0.810. The highest BCUT2D eigenvalue weighted by atomic mass is 16.5. The van der Waals surface area contributed by atoms with Crippen LogP contribution in [0.3, 0.4) is 0 Å². The van der Waals surface area contributed by atoms with Crippen molar-refractivity contribution in [3.63, 3.8) is 0 Å². The Morgan fingerprint density at radius 2 is 2.14 bits per heavy atom. The molecular weight excluding hydrogens is 266 g/mol. The number of carbonyl (C=O) groups excluding carboxylic acids is 1. The minimum atomic E-state index is -0.355. The van der Waals surface area contributed by atoms with Crippen molar-refractivity contribution in [2.75, 3.05) is 0 Å². The fourth-order valence-electron chi connectivity index (χ4n) is 1.80. The first kappa shape index (κ1) is 15.0. The molecule has 0 spiro atoms. The van der Waals surface area contributed by atoms with E-state index in [9.17, 15) is 4.79 Å². The van der Waals surface area contributed by atoms with E-state index in [1.54, 1.807) is 19.3 Å². The molecule has 0 unspecified atom stereocenters. The van der Waals surface area contributed by atoms with Crippen molar-refractivity contribution in [3.05, 3.63) is 59.9 Å². The van der Waals surface area contributed by atoms with Crippen LogP contribution in [-0.4, -0.2) is 16.9 Å². The number of primary amides is 1. The molecule has 5 heteroatoms. The van der Waals surface area contributed by atoms with Gasteiger partial charge in [0.2, 0.25) is 5.91 Å². The fourth-order valence-corrected chi connectivity index (χ4v) is 1.80. The summed E-state index contributed by atoms with van der Waals surface area (Å²) < 4.78 is 5.65. The van der Waals surface area contributed by atoms with Gasteiger partial charge in [0.25, 0.3) is 0 Å². The number of amides is 1. The van der Waals surface area contributed by atoms with Crippen molar-refractivity contribution in [3.8, 4) is 5.75 Å². The average molecular weight is 285 g/mol. The first-order chi connectivity index (χ1) is 10.1. The normalized spacial score (nSPS) is 11.9. The van der Waals surface area contributed by atoms with Gasteiger partial charge in [0.15, 0.2) is 0 Å². The predicted octanol–water partition coefficient (Wildman–Crippen LogP) is 1.62. The molecule has 110 valence electrons. The number of carbonyl (C=O) groups is 1. The lowest BCUT2D eigenvalue weighted by atomic mass is 10.1. The first-order valence-electron chi connectivity index (χ1n) is 6.78. The number of hydrogen-bond acceptors (Lipinski definition) is 4. The molecule has 0 bridgehead atoms. The summed E-state index contributed by atoms with van der Waals surface area (Å²) in [6.07, 6.45) is 3.39. The van der Waals surface area contributed by atoms with Crippen molar-refractivity contribution in [2.24, 2.45) is 5.73 Å². The number of nitrogens with two attached hydrogens (primary N) is 1. The molecule has 0 saturated carbocycles. The van der Waals surface area contributed by atoms with Gasteiger partial charge in [0.1, 0.15) is 12.4 Å². The molecule has 1 heterocycles. The molecule has 1 atom stereocenters. The third kappa shape index (κ3) is 4.89. The van der Waals surface area contributed by atoms with E-state index in [2.05, 4.69) is 10.3 Å². The van der Waals surface area contributed by atoms with E-state index in [4.69, 9.17) is 10.5 Å². The summed E-state index contributed by atoms with van der Waals surface area (Å²) in [6.45, 7) is 2.81. The van der Waals surface area contributed by atoms with Crippen LogP contribution in [0, 0.1) is 0 Å². The standard InChI is InChI=1S/C16H19N3O2/c1-12(16(17)20)19-9-13-4-2-5-14(8-13)11-21-15-6-3-7-18-10-15/h2-8,10,12,19H,9,11H2,1H3,(H2,17,20)/t12-/m0/s1. The van der Waals surface area contributed by atoms with Crippen molar-refractivity contribution >= 4 is 5.91 Å². The molecule has 0 radical (unpaired) electrons. The highest BCUT2D eigenvalue weighted by Crippen LogP contribution is 2.11. The van der Waals surface area contributed by atoms with Gasteiger partial charge < -0.3 is 15.8 Å². The maximum atomic E-state index is 11.0. The minimum Gasteiger partial charge on any atom is -0.487 e. The second-order valence-corrected chi connectivity index (χ2v) is 4.80. The number of aromatic nitrogens is 1. The van der Waals surface area contributed by atoms with Crippen LogP contribution in [0.4, 0.5) is 0 Å². The number of nitrogens with one attached hydrogen (secondary N) is 1. The van der Waals surface area contributed by atoms with Crippen molar-refractivity contribution in [1.29, 1.82) is 0 Å². The maximum absolute atomic E-state index is 11.0. The van der Waals surface area contributed by atoms with E-state index in [-0.39, 0.29) is 11.9 Å². The van der Waals surface area contributed by atoms with E-state index in [1.165, 1.54) is 0 Å². The monoisotopic (exact) mass is 285 g/mol. The second kappa shape index (κ2) is 7.40. The highest BCUT2D eigenvalue weighted by molar-refractivity contribution is 5.79. The highest BCUT2D eigenvalue weighted by Gasteiger charge is 2.07. The number of rotatable bonds is 7. The SMILES string of the molecule is C[C@H](NCc1cccc(COc2cccnc2)c1)C(N)=O. The van der Waals surface area contributed by atoms with Crippen LogP contribution < -0.4 is 15.8 Å². The van der Waals surface area contributed by atoms with Crippen LogP contribution in [0.25, 0.3) is 0 Å². The Bertz CT molecular complexity index is 587. The number of pyridine rings is 1.